The largest absolute Gasteiger partial charge is 0.390 e. The maximum Gasteiger partial charge on any atom is 0.251 e. The second-order valence-electron chi connectivity index (χ2n) is 6.95. The maximum atomic E-state index is 14.1. The molecule has 142 valence electrons. The predicted molar refractivity (Wildman–Crippen MR) is 99.0 cm³/mol. The second-order valence-corrected chi connectivity index (χ2v) is 6.95. The molecule has 2 aromatic rings. The van der Waals surface area contributed by atoms with Gasteiger partial charge < -0.3 is 20.6 Å². The van der Waals surface area contributed by atoms with Crippen molar-refractivity contribution in [2.75, 3.05) is 31.1 Å². The van der Waals surface area contributed by atoms with Crippen LogP contribution in [0.1, 0.15) is 23.2 Å². The van der Waals surface area contributed by atoms with E-state index in [0.29, 0.717) is 35.9 Å². The topological polar surface area (TPSA) is 90.4 Å². The molecule has 0 aliphatic carbocycles. The number of amides is 1. The van der Waals surface area contributed by atoms with Gasteiger partial charge in [0, 0.05) is 37.3 Å². The molecule has 7 nitrogen and oxygen atoms in total. The van der Waals surface area contributed by atoms with Gasteiger partial charge in [-0.05, 0) is 25.0 Å². The minimum Gasteiger partial charge on any atom is -0.390 e. The van der Waals surface area contributed by atoms with E-state index in [1.807, 2.05) is 4.90 Å². The van der Waals surface area contributed by atoms with Crippen molar-refractivity contribution in [2.45, 2.75) is 25.0 Å². The molecular weight excluding hydrogens is 349 g/mol. The number of hydrogen-bond donors (Lipinski definition) is 3. The van der Waals surface area contributed by atoms with Gasteiger partial charge in [-0.2, -0.15) is 0 Å². The Bertz CT molecular complexity index is 841. The van der Waals surface area contributed by atoms with Crippen LogP contribution >= 0.6 is 0 Å². The van der Waals surface area contributed by atoms with Gasteiger partial charge in [-0.3, -0.25) is 4.79 Å². The van der Waals surface area contributed by atoms with Crippen molar-refractivity contribution in [3.63, 3.8) is 0 Å². The number of hydrogen-bond acceptors (Lipinski definition) is 6. The third-order valence-corrected chi connectivity index (χ3v) is 5.01. The van der Waals surface area contributed by atoms with Crippen LogP contribution in [0.25, 0.3) is 11.4 Å². The van der Waals surface area contributed by atoms with Crippen molar-refractivity contribution in [2.24, 2.45) is 0 Å². The number of aromatic nitrogens is 2. The smallest absolute Gasteiger partial charge is 0.251 e. The molecule has 8 heteroatoms. The quantitative estimate of drug-likeness (QED) is 0.741. The number of nitrogens with one attached hydrogen (secondary N) is 2. The molecule has 1 aromatic heterocycles. The highest BCUT2D eigenvalue weighted by atomic mass is 19.1. The van der Waals surface area contributed by atoms with E-state index in [1.165, 1.54) is 6.20 Å². The monoisotopic (exact) mass is 371 g/mol. The highest BCUT2D eigenvalue weighted by Crippen LogP contribution is 2.24. The predicted octanol–water partition coefficient (Wildman–Crippen LogP) is 0.945. The number of β-amino-alcohol motifs (C(OH)–C–C–N with tert-alkyl or cyclic N) is 1. The number of carbonyl (C=O) groups excluding carboxylic acids is 1. The molecule has 0 unspecified atom stereocenters. The molecule has 1 amide bonds. The number of rotatable bonds is 4. The van der Waals surface area contributed by atoms with Crippen LogP contribution in [-0.2, 0) is 0 Å². The lowest BCUT2D eigenvalue weighted by Gasteiger charge is -2.17. The van der Waals surface area contributed by atoms with Gasteiger partial charge >= 0.3 is 0 Å². The summed E-state index contributed by atoms with van der Waals surface area (Å²) in [5.41, 5.74) is 1.09. The van der Waals surface area contributed by atoms with E-state index in [0.717, 1.165) is 25.9 Å². The summed E-state index contributed by atoms with van der Waals surface area (Å²) in [7, 11) is 0. The minimum atomic E-state index is -0.597. The lowest BCUT2D eigenvalue weighted by atomic mass is 10.1. The Labute approximate surface area is 156 Å². The van der Waals surface area contributed by atoms with Crippen LogP contribution in [0.15, 0.2) is 30.5 Å². The van der Waals surface area contributed by atoms with Gasteiger partial charge in [0.2, 0.25) is 0 Å². The minimum absolute atomic E-state index is 0.272. The lowest BCUT2D eigenvalue weighted by Crippen LogP contribution is -2.42. The van der Waals surface area contributed by atoms with Gasteiger partial charge in [0.1, 0.15) is 0 Å². The highest BCUT2D eigenvalue weighted by Gasteiger charge is 2.26. The second kappa shape index (κ2) is 7.58. The molecule has 4 rings (SSSR count). The number of aliphatic hydroxyl groups is 1. The maximum absolute atomic E-state index is 14.1. The SMILES string of the molecule is O=C(N[C@@H]1CNC[C@H]1O)c1cccc(-c2ncc(F)c(N3CCCC3)n2)c1. The van der Waals surface area contributed by atoms with E-state index in [2.05, 4.69) is 20.6 Å². The number of carbonyl (C=O) groups is 1. The average Bonchev–Trinajstić information content (AvgIpc) is 3.35. The summed E-state index contributed by atoms with van der Waals surface area (Å²) in [4.78, 5) is 22.9. The molecule has 2 aliphatic heterocycles. The molecule has 27 heavy (non-hydrogen) atoms. The van der Waals surface area contributed by atoms with Gasteiger partial charge in [0.05, 0.1) is 18.3 Å². The number of anilines is 1. The van der Waals surface area contributed by atoms with Crippen molar-refractivity contribution in [1.29, 1.82) is 0 Å². The summed E-state index contributed by atoms with van der Waals surface area (Å²) in [6.07, 6.45) is 2.64. The van der Waals surface area contributed by atoms with Gasteiger partial charge in [0.25, 0.3) is 5.91 Å². The highest BCUT2D eigenvalue weighted by molar-refractivity contribution is 5.95. The molecule has 0 saturated carbocycles. The van der Waals surface area contributed by atoms with Crippen molar-refractivity contribution in [1.82, 2.24) is 20.6 Å². The molecule has 2 saturated heterocycles. The Morgan fingerprint density at radius 2 is 2.11 bits per heavy atom. The number of aliphatic hydroxyl groups excluding tert-OH is 1. The van der Waals surface area contributed by atoms with Crippen molar-refractivity contribution in [3.8, 4) is 11.4 Å². The normalized spacial score (nSPS) is 22.2. The van der Waals surface area contributed by atoms with Crippen molar-refractivity contribution >= 4 is 11.7 Å². The van der Waals surface area contributed by atoms with Crippen LogP contribution in [0.4, 0.5) is 10.2 Å². The van der Waals surface area contributed by atoms with Gasteiger partial charge in [-0.25, -0.2) is 14.4 Å². The molecule has 2 fully saturated rings. The standard InChI is InChI=1S/C19H22FN5O2/c20-14-9-22-17(24-18(14)25-6-1-2-7-25)12-4-3-5-13(8-12)19(27)23-15-10-21-11-16(15)26/h3-5,8-9,15-16,21,26H,1-2,6-7,10-11H2,(H,23,27)/t15-,16-/m1/s1. The third kappa shape index (κ3) is 3.77. The van der Waals surface area contributed by atoms with Gasteiger partial charge in [0.15, 0.2) is 17.5 Å². The van der Waals surface area contributed by atoms with Crippen LogP contribution in [0.3, 0.4) is 0 Å². The number of nitrogens with zero attached hydrogens (tertiary/aromatic N) is 3. The van der Waals surface area contributed by atoms with E-state index >= 15 is 0 Å². The van der Waals surface area contributed by atoms with Crippen LogP contribution in [0, 0.1) is 5.82 Å². The molecule has 2 aliphatic rings. The third-order valence-electron chi connectivity index (χ3n) is 5.01. The fourth-order valence-corrected chi connectivity index (χ4v) is 3.51. The van der Waals surface area contributed by atoms with Crippen LogP contribution in [-0.4, -0.2) is 59.3 Å². The first-order valence-corrected chi connectivity index (χ1v) is 9.19. The Kier molecular flexibility index (Phi) is 5.00. The number of benzene rings is 1. The Hall–Kier alpha value is -2.58. The summed E-state index contributed by atoms with van der Waals surface area (Å²) in [6, 6.07) is 6.60. The Morgan fingerprint density at radius 3 is 2.85 bits per heavy atom. The Morgan fingerprint density at radius 1 is 1.30 bits per heavy atom. The zero-order chi connectivity index (χ0) is 18.8. The molecule has 2 atom stereocenters. The summed E-state index contributed by atoms with van der Waals surface area (Å²) >= 11 is 0. The van der Waals surface area contributed by atoms with E-state index in [-0.39, 0.29) is 11.9 Å². The van der Waals surface area contributed by atoms with E-state index in [1.54, 1.807) is 24.3 Å². The summed E-state index contributed by atoms with van der Waals surface area (Å²) in [5.74, 6) is -0.00762. The number of halogens is 1. The molecule has 1 aromatic carbocycles. The van der Waals surface area contributed by atoms with E-state index < -0.39 is 11.9 Å². The molecule has 3 heterocycles. The van der Waals surface area contributed by atoms with E-state index in [4.69, 9.17) is 0 Å². The van der Waals surface area contributed by atoms with Crippen molar-refractivity contribution in [3.05, 3.63) is 41.8 Å². The first-order valence-electron chi connectivity index (χ1n) is 9.19. The van der Waals surface area contributed by atoms with Crippen LogP contribution in [0.2, 0.25) is 0 Å². The van der Waals surface area contributed by atoms with Gasteiger partial charge in [-0.1, -0.05) is 12.1 Å². The van der Waals surface area contributed by atoms with Crippen LogP contribution < -0.4 is 15.5 Å². The molecule has 0 bridgehead atoms. The average molecular weight is 371 g/mol. The lowest BCUT2D eigenvalue weighted by molar-refractivity contribution is 0.0888. The Balaban J connectivity index is 1.57. The first kappa shape index (κ1) is 17.8. The fraction of sp³-hybridized carbons (Fsp3) is 0.421. The van der Waals surface area contributed by atoms with Crippen molar-refractivity contribution < 1.29 is 14.3 Å². The summed E-state index contributed by atoms with van der Waals surface area (Å²) in [5, 5.41) is 15.7. The fourth-order valence-electron chi connectivity index (χ4n) is 3.51. The molecule has 0 spiro atoms. The van der Waals surface area contributed by atoms with E-state index in [9.17, 15) is 14.3 Å². The zero-order valence-electron chi connectivity index (χ0n) is 14.9. The summed E-state index contributed by atoms with van der Waals surface area (Å²) in [6.45, 7) is 2.57. The summed E-state index contributed by atoms with van der Waals surface area (Å²) < 4.78 is 14.1. The first-order chi connectivity index (χ1) is 13.1. The molecule has 0 radical (unpaired) electrons. The zero-order valence-corrected chi connectivity index (χ0v) is 14.9. The molecular formula is C19H22FN5O2. The van der Waals surface area contributed by atoms with Crippen LogP contribution in [0.5, 0.6) is 0 Å². The van der Waals surface area contributed by atoms with Gasteiger partial charge in [-0.15, -0.1) is 0 Å². The molecule has 3 N–H and O–H groups in total.